The Kier molecular flexibility index (Phi) is 7.22. The van der Waals surface area contributed by atoms with Gasteiger partial charge in [-0.2, -0.15) is 13.2 Å². The van der Waals surface area contributed by atoms with E-state index < -0.39 is 17.6 Å². The number of thiocarbonyl (C=S) groups is 1. The molecule has 0 aromatic heterocycles. The highest BCUT2D eigenvalue weighted by atomic mass is 35.5. The third-order valence-corrected chi connectivity index (χ3v) is 4.79. The first kappa shape index (κ1) is 23.4. The SMILES string of the molecule is NC(=S)N(NC(=O)c1ccc(OCc2ccccc2)cc1Cl)c1cccc(C(F)(F)F)c1. The molecule has 0 aliphatic carbocycles. The molecule has 3 N–H and O–H groups in total. The Balaban J connectivity index is 1.75. The van der Waals surface area contributed by atoms with Crippen LogP contribution >= 0.6 is 23.8 Å². The van der Waals surface area contributed by atoms with Gasteiger partial charge in [0.25, 0.3) is 5.91 Å². The summed E-state index contributed by atoms with van der Waals surface area (Å²) in [6.45, 7) is 0.313. The molecule has 0 saturated carbocycles. The number of hydrogen-bond donors (Lipinski definition) is 2. The maximum absolute atomic E-state index is 13.0. The molecule has 32 heavy (non-hydrogen) atoms. The molecular formula is C22H17ClF3N3O2S. The number of hydrazine groups is 1. The summed E-state index contributed by atoms with van der Waals surface area (Å²) in [5, 5.41) is 0.611. The van der Waals surface area contributed by atoms with E-state index in [0.29, 0.717) is 12.4 Å². The number of rotatable bonds is 5. The van der Waals surface area contributed by atoms with E-state index >= 15 is 0 Å². The van der Waals surface area contributed by atoms with Crippen LogP contribution in [-0.4, -0.2) is 11.0 Å². The maximum Gasteiger partial charge on any atom is 0.416 e. The van der Waals surface area contributed by atoms with Gasteiger partial charge in [-0.05, 0) is 54.2 Å². The molecule has 0 bridgehead atoms. The number of nitrogens with two attached hydrogens (primary N) is 1. The van der Waals surface area contributed by atoms with E-state index in [1.54, 1.807) is 6.07 Å². The minimum absolute atomic E-state index is 0.0559. The zero-order valence-electron chi connectivity index (χ0n) is 16.4. The first-order valence-corrected chi connectivity index (χ1v) is 9.98. The molecule has 0 spiro atoms. The van der Waals surface area contributed by atoms with Gasteiger partial charge in [0.15, 0.2) is 5.11 Å². The summed E-state index contributed by atoms with van der Waals surface area (Å²) >= 11 is 11.1. The second kappa shape index (κ2) is 9.88. The third-order valence-electron chi connectivity index (χ3n) is 4.30. The lowest BCUT2D eigenvalue weighted by Crippen LogP contribution is -2.49. The van der Waals surface area contributed by atoms with Crippen LogP contribution < -0.4 is 20.9 Å². The fourth-order valence-electron chi connectivity index (χ4n) is 2.74. The van der Waals surface area contributed by atoms with E-state index in [0.717, 1.165) is 22.7 Å². The number of ether oxygens (including phenoxy) is 1. The topological polar surface area (TPSA) is 67.6 Å². The Labute approximate surface area is 192 Å². The molecule has 3 aromatic rings. The van der Waals surface area contributed by atoms with Gasteiger partial charge in [-0.15, -0.1) is 0 Å². The molecule has 0 aliphatic heterocycles. The van der Waals surface area contributed by atoms with Crippen LogP contribution in [0, 0.1) is 0 Å². The highest BCUT2D eigenvalue weighted by Gasteiger charge is 2.31. The Morgan fingerprint density at radius 2 is 1.78 bits per heavy atom. The van der Waals surface area contributed by atoms with Crippen molar-refractivity contribution in [3.63, 3.8) is 0 Å². The van der Waals surface area contributed by atoms with Crippen molar-refractivity contribution in [3.8, 4) is 5.75 Å². The number of anilines is 1. The summed E-state index contributed by atoms with van der Waals surface area (Å²) in [6.07, 6.45) is -4.57. The van der Waals surface area contributed by atoms with E-state index in [-0.39, 0.29) is 21.4 Å². The third kappa shape index (κ3) is 5.89. The van der Waals surface area contributed by atoms with Crippen molar-refractivity contribution >= 4 is 40.5 Å². The highest BCUT2D eigenvalue weighted by Crippen LogP contribution is 2.31. The molecule has 0 radical (unpaired) electrons. The summed E-state index contributed by atoms with van der Waals surface area (Å²) < 4.78 is 44.7. The fraction of sp³-hybridized carbons (Fsp3) is 0.0909. The normalized spacial score (nSPS) is 11.0. The van der Waals surface area contributed by atoms with Gasteiger partial charge in [0.2, 0.25) is 0 Å². The van der Waals surface area contributed by atoms with Crippen molar-refractivity contribution in [2.45, 2.75) is 12.8 Å². The quantitative estimate of drug-likeness (QED) is 0.382. The zero-order valence-corrected chi connectivity index (χ0v) is 18.0. The molecule has 0 heterocycles. The first-order valence-electron chi connectivity index (χ1n) is 9.19. The summed E-state index contributed by atoms with van der Waals surface area (Å²) in [6, 6.07) is 18.2. The van der Waals surface area contributed by atoms with Gasteiger partial charge in [0, 0.05) is 0 Å². The predicted octanol–water partition coefficient (Wildman–Crippen LogP) is 5.33. The van der Waals surface area contributed by atoms with Crippen LogP contribution in [-0.2, 0) is 12.8 Å². The fourth-order valence-corrected chi connectivity index (χ4v) is 3.15. The number of nitrogens with zero attached hydrogens (tertiary/aromatic N) is 1. The van der Waals surface area contributed by atoms with Gasteiger partial charge in [-0.25, -0.2) is 5.01 Å². The second-order valence-corrected chi connectivity index (χ2v) is 7.40. The van der Waals surface area contributed by atoms with Crippen molar-refractivity contribution in [2.24, 2.45) is 5.73 Å². The first-order chi connectivity index (χ1) is 15.1. The average Bonchev–Trinajstić information content (AvgIpc) is 2.76. The molecule has 0 fully saturated rings. The van der Waals surface area contributed by atoms with E-state index in [2.05, 4.69) is 5.43 Å². The van der Waals surface area contributed by atoms with Gasteiger partial charge in [0.05, 0.1) is 21.8 Å². The van der Waals surface area contributed by atoms with Crippen LogP contribution in [0.15, 0.2) is 72.8 Å². The standard InChI is InChI=1S/C22H17ClF3N3O2S/c23-19-12-17(31-13-14-5-2-1-3-6-14)9-10-18(19)20(30)28-29(21(27)32)16-8-4-7-15(11-16)22(24,25)26/h1-12H,13H2,(H2,27,32)(H,28,30). The lowest BCUT2D eigenvalue weighted by atomic mass is 10.2. The molecule has 0 atom stereocenters. The molecule has 3 rings (SSSR count). The van der Waals surface area contributed by atoms with Crippen molar-refractivity contribution in [1.82, 2.24) is 5.43 Å². The summed E-state index contributed by atoms with van der Waals surface area (Å²) in [4.78, 5) is 12.7. The van der Waals surface area contributed by atoms with Crippen molar-refractivity contribution in [1.29, 1.82) is 0 Å². The number of amides is 1. The Bertz CT molecular complexity index is 1130. The van der Waals surface area contributed by atoms with E-state index in [1.165, 1.54) is 24.3 Å². The van der Waals surface area contributed by atoms with Crippen LogP contribution in [0.1, 0.15) is 21.5 Å². The highest BCUT2D eigenvalue weighted by molar-refractivity contribution is 7.80. The lowest BCUT2D eigenvalue weighted by molar-refractivity contribution is -0.137. The monoisotopic (exact) mass is 479 g/mol. The molecule has 10 heteroatoms. The molecule has 5 nitrogen and oxygen atoms in total. The smallest absolute Gasteiger partial charge is 0.416 e. The van der Waals surface area contributed by atoms with Crippen LogP contribution in [0.25, 0.3) is 0 Å². The van der Waals surface area contributed by atoms with E-state index in [9.17, 15) is 18.0 Å². The lowest BCUT2D eigenvalue weighted by Gasteiger charge is -2.24. The molecular weight excluding hydrogens is 463 g/mol. The Hall–Kier alpha value is -3.30. The largest absolute Gasteiger partial charge is 0.489 e. The summed E-state index contributed by atoms with van der Waals surface area (Å²) in [5.41, 5.74) is 8.05. The summed E-state index contributed by atoms with van der Waals surface area (Å²) in [5.74, 6) is -0.269. The van der Waals surface area contributed by atoms with Gasteiger partial charge in [-0.1, -0.05) is 48.0 Å². The average molecular weight is 480 g/mol. The van der Waals surface area contributed by atoms with Crippen LogP contribution in [0.4, 0.5) is 18.9 Å². The van der Waals surface area contributed by atoms with Crippen molar-refractivity contribution < 1.29 is 22.7 Å². The molecule has 3 aromatic carbocycles. The minimum Gasteiger partial charge on any atom is -0.489 e. The van der Waals surface area contributed by atoms with Crippen LogP contribution in [0.3, 0.4) is 0 Å². The Morgan fingerprint density at radius 3 is 2.41 bits per heavy atom. The molecule has 166 valence electrons. The zero-order chi connectivity index (χ0) is 23.3. The number of benzene rings is 3. The molecule has 1 amide bonds. The van der Waals surface area contributed by atoms with Gasteiger partial charge < -0.3 is 10.5 Å². The number of carbonyl (C=O) groups excluding carboxylic acids is 1. The molecule has 0 unspecified atom stereocenters. The number of hydrogen-bond acceptors (Lipinski definition) is 3. The second-order valence-electron chi connectivity index (χ2n) is 6.58. The number of alkyl halides is 3. The molecule has 0 saturated heterocycles. The number of halogens is 4. The molecule has 0 aliphatic rings. The van der Waals surface area contributed by atoms with Crippen molar-refractivity contribution in [3.05, 3.63) is 94.5 Å². The van der Waals surface area contributed by atoms with Crippen LogP contribution in [0.5, 0.6) is 5.75 Å². The van der Waals surface area contributed by atoms with Crippen molar-refractivity contribution in [2.75, 3.05) is 5.01 Å². The maximum atomic E-state index is 13.0. The van der Waals surface area contributed by atoms with E-state index in [1.807, 2.05) is 30.3 Å². The number of nitrogens with one attached hydrogen (secondary N) is 1. The van der Waals surface area contributed by atoms with Gasteiger partial charge in [0.1, 0.15) is 12.4 Å². The van der Waals surface area contributed by atoms with Gasteiger partial charge in [-0.3, -0.25) is 10.2 Å². The van der Waals surface area contributed by atoms with E-state index in [4.69, 9.17) is 34.3 Å². The number of carbonyl (C=O) groups is 1. The van der Waals surface area contributed by atoms with Crippen LogP contribution in [0.2, 0.25) is 5.02 Å². The van der Waals surface area contributed by atoms with Gasteiger partial charge >= 0.3 is 6.18 Å². The predicted molar refractivity (Wildman–Crippen MR) is 120 cm³/mol. The Morgan fingerprint density at radius 1 is 1.06 bits per heavy atom. The minimum atomic E-state index is -4.57. The summed E-state index contributed by atoms with van der Waals surface area (Å²) in [7, 11) is 0.